The lowest BCUT2D eigenvalue weighted by Gasteiger charge is -1.90. The molecule has 0 aliphatic carbocycles. The summed E-state index contributed by atoms with van der Waals surface area (Å²) < 4.78 is 0. The second-order valence-corrected chi connectivity index (χ2v) is 2.26. The van der Waals surface area contributed by atoms with Gasteiger partial charge in [-0.15, -0.1) is 11.6 Å². The molecule has 0 bridgehead atoms. The number of halogens is 1. The van der Waals surface area contributed by atoms with Crippen LogP contribution in [0.1, 0.15) is 11.3 Å². The molecular formula is C6H8ClN2. The molecule has 3 heteroatoms. The lowest BCUT2D eigenvalue weighted by molar-refractivity contribution is 0.971. The summed E-state index contributed by atoms with van der Waals surface area (Å²) in [4.78, 5) is 0. The quantitative estimate of drug-likeness (QED) is 0.622. The van der Waals surface area contributed by atoms with Gasteiger partial charge in [-0.3, -0.25) is 5.10 Å². The zero-order valence-electron chi connectivity index (χ0n) is 5.24. The van der Waals surface area contributed by atoms with E-state index in [0.717, 1.165) is 17.7 Å². The molecule has 0 unspecified atom stereocenters. The van der Waals surface area contributed by atoms with E-state index in [-0.39, 0.29) is 0 Å². The highest BCUT2D eigenvalue weighted by molar-refractivity contribution is 6.17. The second kappa shape index (κ2) is 2.87. The van der Waals surface area contributed by atoms with Crippen molar-refractivity contribution in [1.29, 1.82) is 0 Å². The van der Waals surface area contributed by atoms with Crippen molar-refractivity contribution in [1.82, 2.24) is 10.2 Å². The van der Waals surface area contributed by atoms with Gasteiger partial charge >= 0.3 is 0 Å². The first kappa shape index (κ1) is 6.62. The minimum Gasteiger partial charge on any atom is -0.282 e. The molecule has 0 spiro atoms. The molecule has 0 aromatic carbocycles. The van der Waals surface area contributed by atoms with Crippen molar-refractivity contribution in [2.75, 3.05) is 5.88 Å². The molecule has 0 atom stereocenters. The number of aromatic nitrogens is 2. The van der Waals surface area contributed by atoms with Gasteiger partial charge in [0, 0.05) is 18.0 Å². The Labute approximate surface area is 59.2 Å². The molecular weight excluding hydrogens is 136 g/mol. The van der Waals surface area contributed by atoms with E-state index < -0.39 is 0 Å². The number of H-pyrrole nitrogens is 1. The number of nitrogens with one attached hydrogen (secondary N) is 1. The summed E-state index contributed by atoms with van der Waals surface area (Å²) in [6, 6.07) is 0. The normalized spacial score (nSPS) is 10.0. The van der Waals surface area contributed by atoms with Crippen LogP contribution in [0.15, 0.2) is 0 Å². The summed E-state index contributed by atoms with van der Waals surface area (Å²) in [6.07, 6.45) is 3.64. The zero-order valence-corrected chi connectivity index (χ0v) is 6.00. The number of hydrogen-bond donors (Lipinski definition) is 1. The number of nitrogens with zero attached hydrogens (tertiary/aromatic N) is 1. The third-order valence-electron chi connectivity index (χ3n) is 1.21. The molecule has 1 N–H and O–H groups in total. The minimum atomic E-state index is 0.636. The highest BCUT2D eigenvalue weighted by Crippen LogP contribution is 2.02. The van der Waals surface area contributed by atoms with Crippen LogP contribution < -0.4 is 0 Å². The van der Waals surface area contributed by atoms with Crippen molar-refractivity contribution in [2.45, 2.75) is 13.3 Å². The molecule has 1 heterocycles. The maximum atomic E-state index is 5.50. The Kier molecular flexibility index (Phi) is 2.11. The lowest BCUT2D eigenvalue weighted by atomic mass is 10.2. The zero-order chi connectivity index (χ0) is 6.69. The van der Waals surface area contributed by atoms with Gasteiger partial charge in [-0.05, 0) is 12.5 Å². The first-order valence-corrected chi connectivity index (χ1v) is 3.35. The van der Waals surface area contributed by atoms with Crippen molar-refractivity contribution in [3.05, 3.63) is 17.5 Å². The van der Waals surface area contributed by atoms with Crippen molar-refractivity contribution in [3.8, 4) is 0 Å². The van der Waals surface area contributed by atoms with E-state index in [0.29, 0.717) is 5.88 Å². The van der Waals surface area contributed by atoms with E-state index in [9.17, 15) is 0 Å². The summed E-state index contributed by atoms with van der Waals surface area (Å²) in [5.41, 5.74) is 2.15. The molecule has 1 aromatic heterocycles. The number of aryl methyl sites for hydroxylation is 2. The molecule has 0 fully saturated rings. The molecule has 9 heavy (non-hydrogen) atoms. The van der Waals surface area contributed by atoms with Gasteiger partial charge in [0.1, 0.15) is 6.20 Å². The number of hydrogen-bond acceptors (Lipinski definition) is 1. The molecule has 1 aromatic rings. The summed E-state index contributed by atoms with van der Waals surface area (Å²) >= 11 is 5.50. The fraction of sp³-hybridized carbons (Fsp3) is 0.500. The van der Waals surface area contributed by atoms with Crippen LogP contribution in [0.25, 0.3) is 0 Å². The van der Waals surface area contributed by atoms with Gasteiger partial charge in [-0.1, -0.05) is 0 Å². The van der Waals surface area contributed by atoms with Crippen LogP contribution in [0.5, 0.6) is 0 Å². The van der Waals surface area contributed by atoms with Gasteiger partial charge < -0.3 is 0 Å². The molecule has 1 rings (SSSR count). The predicted octanol–water partition coefficient (Wildman–Crippen LogP) is 1.30. The van der Waals surface area contributed by atoms with E-state index in [2.05, 4.69) is 16.4 Å². The van der Waals surface area contributed by atoms with E-state index in [4.69, 9.17) is 11.6 Å². The van der Waals surface area contributed by atoms with Crippen molar-refractivity contribution < 1.29 is 0 Å². The Morgan fingerprint density at radius 1 is 1.78 bits per heavy atom. The summed E-state index contributed by atoms with van der Waals surface area (Å²) in [7, 11) is 0. The maximum Gasteiger partial charge on any atom is 0.116 e. The monoisotopic (exact) mass is 143 g/mol. The molecule has 0 aliphatic rings. The Hall–Kier alpha value is -0.500. The molecule has 1 radical (unpaired) electrons. The molecule has 0 aliphatic heterocycles. The standard InChI is InChI=1S/C6H8ClN2/c1-5-4-8-9-6(5)2-3-7/h2-3H2,1H3,(H,8,9). The van der Waals surface area contributed by atoms with Gasteiger partial charge in [-0.25, -0.2) is 0 Å². The SMILES string of the molecule is Cc1[c]n[nH]c1CCCl. The summed E-state index contributed by atoms with van der Waals surface area (Å²) in [6.45, 7) is 1.96. The van der Waals surface area contributed by atoms with E-state index in [1.165, 1.54) is 0 Å². The summed E-state index contributed by atoms with van der Waals surface area (Å²) in [5.74, 6) is 0.636. The lowest BCUT2D eigenvalue weighted by Crippen LogP contribution is -1.88. The number of alkyl halides is 1. The van der Waals surface area contributed by atoms with Gasteiger partial charge in [0.05, 0.1) is 0 Å². The van der Waals surface area contributed by atoms with Crippen LogP contribution >= 0.6 is 11.6 Å². The average molecular weight is 144 g/mol. The fourth-order valence-corrected chi connectivity index (χ4v) is 0.857. The molecule has 0 amide bonds. The van der Waals surface area contributed by atoms with Crippen LogP contribution in [0.4, 0.5) is 0 Å². The van der Waals surface area contributed by atoms with Gasteiger partial charge in [-0.2, -0.15) is 5.10 Å². The van der Waals surface area contributed by atoms with Gasteiger partial charge in [0.15, 0.2) is 0 Å². The summed E-state index contributed by atoms with van der Waals surface area (Å²) in [5, 5.41) is 6.55. The van der Waals surface area contributed by atoms with E-state index >= 15 is 0 Å². The van der Waals surface area contributed by atoms with Crippen LogP contribution in [-0.2, 0) is 6.42 Å². The van der Waals surface area contributed by atoms with Crippen molar-refractivity contribution in [3.63, 3.8) is 0 Å². The average Bonchev–Trinajstić information content (AvgIpc) is 2.18. The second-order valence-electron chi connectivity index (χ2n) is 1.88. The Morgan fingerprint density at radius 3 is 3.00 bits per heavy atom. The Morgan fingerprint density at radius 2 is 2.56 bits per heavy atom. The van der Waals surface area contributed by atoms with E-state index in [1.807, 2.05) is 6.92 Å². The van der Waals surface area contributed by atoms with Crippen LogP contribution in [0.2, 0.25) is 0 Å². The number of rotatable bonds is 2. The van der Waals surface area contributed by atoms with Crippen LogP contribution in [0.3, 0.4) is 0 Å². The Bertz CT molecular complexity index is 183. The number of aromatic amines is 1. The first-order chi connectivity index (χ1) is 4.34. The smallest absolute Gasteiger partial charge is 0.116 e. The van der Waals surface area contributed by atoms with E-state index in [1.54, 1.807) is 0 Å². The largest absolute Gasteiger partial charge is 0.282 e. The first-order valence-electron chi connectivity index (χ1n) is 2.82. The topological polar surface area (TPSA) is 28.7 Å². The predicted molar refractivity (Wildman–Crippen MR) is 36.6 cm³/mol. The molecule has 0 saturated carbocycles. The third-order valence-corrected chi connectivity index (χ3v) is 1.40. The van der Waals surface area contributed by atoms with Crippen molar-refractivity contribution in [2.24, 2.45) is 0 Å². The third kappa shape index (κ3) is 1.45. The fourth-order valence-electron chi connectivity index (χ4n) is 0.669. The molecule has 2 nitrogen and oxygen atoms in total. The maximum absolute atomic E-state index is 5.50. The highest BCUT2D eigenvalue weighted by atomic mass is 35.5. The molecule has 0 saturated heterocycles. The minimum absolute atomic E-state index is 0.636. The van der Waals surface area contributed by atoms with Gasteiger partial charge in [0.2, 0.25) is 0 Å². The van der Waals surface area contributed by atoms with Gasteiger partial charge in [0.25, 0.3) is 0 Å². The van der Waals surface area contributed by atoms with Crippen molar-refractivity contribution >= 4 is 11.6 Å². The highest BCUT2D eigenvalue weighted by Gasteiger charge is 1.97. The van der Waals surface area contributed by atoms with Crippen LogP contribution in [-0.4, -0.2) is 16.1 Å². The molecule has 49 valence electrons. The Balaban J connectivity index is 2.69. The van der Waals surface area contributed by atoms with Crippen LogP contribution in [0, 0.1) is 13.1 Å².